The highest BCUT2D eigenvalue weighted by molar-refractivity contribution is 5.77. The molecule has 0 aliphatic rings. The first-order chi connectivity index (χ1) is 13.4. The lowest BCUT2D eigenvalue weighted by atomic mass is 10.1. The average Bonchev–Trinajstić information content (AvgIpc) is 2.72. The molecule has 1 amide bonds. The minimum Gasteiger partial charge on any atom is -0.493 e. The van der Waals surface area contributed by atoms with Crippen molar-refractivity contribution in [2.24, 2.45) is 0 Å². The summed E-state index contributed by atoms with van der Waals surface area (Å²) in [5.74, 6) is 1.88. The predicted molar refractivity (Wildman–Crippen MR) is 104 cm³/mol. The number of rotatable bonds is 8. The molecule has 0 saturated heterocycles. The zero-order valence-electron chi connectivity index (χ0n) is 16.7. The Labute approximate surface area is 165 Å². The van der Waals surface area contributed by atoms with Crippen LogP contribution in [-0.4, -0.2) is 45.8 Å². The van der Waals surface area contributed by atoms with Gasteiger partial charge in [-0.25, -0.2) is 0 Å². The van der Waals surface area contributed by atoms with Gasteiger partial charge >= 0.3 is 0 Å². The zero-order chi connectivity index (χ0) is 20.7. The van der Waals surface area contributed by atoms with Crippen molar-refractivity contribution < 1.29 is 23.7 Å². The van der Waals surface area contributed by atoms with Crippen LogP contribution in [0.5, 0.6) is 23.0 Å². The molecule has 0 fully saturated rings. The quantitative estimate of drug-likeness (QED) is 0.696. The first-order valence-electron chi connectivity index (χ1n) is 8.59. The van der Waals surface area contributed by atoms with Gasteiger partial charge in [-0.2, -0.15) is 5.26 Å². The molecular weight excluding hydrogens is 360 g/mol. The number of hydrogen-bond donors (Lipinski definition) is 0. The highest BCUT2D eigenvalue weighted by atomic mass is 16.5. The van der Waals surface area contributed by atoms with E-state index in [2.05, 4.69) is 0 Å². The second-order valence-electron chi connectivity index (χ2n) is 6.15. The minimum atomic E-state index is -0.194. The molecule has 0 aliphatic carbocycles. The summed E-state index contributed by atoms with van der Waals surface area (Å²) in [5.41, 5.74) is 2.40. The smallest absolute Gasteiger partial charge is 0.260 e. The van der Waals surface area contributed by atoms with Crippen molar-refractivity contribution in [3.63, 3.8) is 0 Å². The monoisotopic (exact) mass is 384 g/mol. The van der Waals surface area contributed by atoms with Crippen molar-refractivity contribution >= 4 is 5.91 Å². The summed E-state index contributed by atoms with van der Waals surface area (Å²) >= 11 is 0. The van der Waals surface area contributed by atoms with Gasteiger partial charge in [0.2, 0.25) is 0 Å². The minimum absolute atomic E-state index is 0.148. The predicted octanol–water partition coefficient (Wildman–Crippen LogP) is 2.93. The van der Waals surface area contributed by atoms with Crippen molar-refractivity contribution in [3.8, 4) is 29.1 Å². The van der Waals surface area contributed by atoms with E-state index in [0.717, 1.165) is 11.1 Å². The molecule has 2 aromatic carbocycles. The summed E-state index contributed by atoms with van der Waals surface area (Å²) in [6.07, 6.45) is 0. The van der Waals surface area contributed by atoms with E-state index in [1.54, 1.807) is 44.4 Å². The van der Waals surface area contributed by atoms with Crippen LogP contribution in [0.4, 0.5) is 0 Å². The molecule has 0 spiro atoms. The Balaban J connectivity index is 2.05. The van der Waals surface area contributed by atoms with Crippen molar-refractivity contribution in [1.29, 1.82) is 5.26 Å². The second-order valence-corrected chi connectivity index (χ2v) is 6.15. The maximum absolute atomic E-state index is 12.5. The van der Waals surface area contributed by atoms with E-state index in [1.807, 2.05) is 25.1 Å². The van der Waals surface area contributed by atoms with E-state index >= 15 is 0 Å². The van der Waals surface area contributed by atoms with Gasteiger partial charge in [-0.15, -0.1) is 0 Å². The lowest BCUT2D eigenvalue weighted by molar-refractivity contribution is -0.132. The van der Waals surface area contributed by atoms with Gasteiger partial charge in [-0.1, -0.05) is 0 Å². The highest BCUT2D eigenvalue weighted by Crippen LogP contribution is 2.31. The molecule has 0 atom stereocenters. The summed E-state index contributed by atoms with van der Waals surface area (Å²) in [6.45, 7) is 2.21. The summed E-state index contributed by atoms with van der Waals surface area (Å²) in [4.78, 5) is 14.1. The van der Waals surface area contributed by atoms with Crippen LogP contribution in [-0.2, 0) is 11.3 Å². The van der Waals surface area contributed by atoms with Gasteiger partial charge in [-0.3, -0.25) is 4.79 Å². The summed E-state index contributed by atoms with van der Waals surface area (Å²) < 4.78 is 21.4. The number of ether oxygens (including phenoxy) is 4. The molecule has 28 heavy (non-hydrogen) atoms. The molecule has 0 N–H and O–H groups in total. The van der Waals surface area contributed by atoms with Gasteiger partial charge < -0.3 is 23.8 Å². The van der Waals surface area contributed by atoms with Crippen molar-refractivity contribution in [2.45, 2.75) is 13.5 Å². The molecule has 0 aliphatic heterocycles. The normalized spacial score (nSPS) is 10.0. The molecule has 7 heteroatoms. The third kappa shape index (κ3) is 4.86. The lowest BCUT2D eigenvalue weighted by Crippen LogP contribution is -2.31. The highest BCUT2D eigenvalue weighted by Gasteiger charge is 2.15. The van der Waals surface area contributed by atoms with E-state index in [4.69, 9.17) is 24.2 Å². The molecule has 0 unspecified atom stereocenters. The Hall–Kier alpha value is -3.40. The molecule has 0 bridgehead atoms. The number of amides is 1. The third-order valence-electron chi connectivity index (χ3n) is 4.32. The summed E-state index contributed by atoms with van der Waals surface area (Å²) in [6, 6.07) is 10.6. The van der Waals surface area contributed by atoms with Crippen LogP contribution in [0.1, 0.15) is 16.7 Å². The van der Waals surface area contributed by atoms with Gasteiger partial charge in [0.05, 0.1) is 33.0 Å². The topological polar surface area (TPSA) is 81.0 Å². The Bertz CT molecular complexity index is 889. The molecule has 7 nitrogen and oxygen atoms in total. The molecule has 0 aromatic heterocycles. The SMILES string of the molecule is COc1cc(C)c(CN(C)C(=O)COc2ccc(C#N)cc2OC)cc1OC. The first-order valence-corrected chi connectivity index (χ1v) is 8.59. The summed E-state index contributed by atoms with van der Waals surface area (Å²) in [7, 11) is 6.35. The third-order valence-corrected chi connectivity index (χ3v) is 4.32. The fraction of sp³-hybridized carbons (Fsp3) is 0.333. The number of carbonyl (C=O) groups excluding carboxylic acids is 1. The zero-order valence-corrected chi connectivity index (χ0v) is 16.7. The van der Waals surface area contributed by atoms with E-state index in [-0.39, 0.29) is 12.5 Å². The number of aryl methyl sites for hydroxylation is 1. The number of nitrogens with zero attached hydrogens (tertiary/aromatic N) is 2. The van der Waals surface area contributed by atoms with Crippen molar-refractivity contribution in [3.05, 3.63) is 47.0 Å². The second kappa shape index (κ2) is 9.51. The molecular formula is C21H24N2O5. The lowest BCUT2D eigenvalue weighted by Gasteiger charge is -2.20. The van der Waals surface area contributed by atoms with Crippen LogP contribution in [0, 0.1) is 18.3 Å². The molecule has 148 valence electrons. The molecule has 2 rings (SSSR count). The van der Waals surface area contributed by atoms with Crippen molar-refractivity contribution in [2.75, 3.05) is 35.0 Å². The number of likely N-dealkylation sites (N-methyl/N-ethyl adjacent to an activating group) is 1. The van der Waals surface area contributed by atoms with Crippen LogP contribution in [0.2, 0.25) is 0 Å². The fourth-order valence-electron chi connectivity index (χ4n) is 2.64. The Kier molecular flexibility index (Phi) is 7.10. The fourth-order valence-corrected chi connectivity index (χ4v) is 2.64. The van der Waals surface area contributed by atoms with Gasteiger partial charge in [0.25, 0.3) is 5.91 Å². The van der Waals surface area contributed by atoms with Crippen molar-refractivity contribution in [1.82, 2.24) is 4.90 Å². The largest absolute Gasteiger partial charge is 0.493 e. The van der Waals surface area contributed by atoms with E-state index in [0.29, 0.717) is 35.1 Å². The molecule has 0 heterocycles. The Morgan fingerprint density at radius 1 is 1.00 bits per heavy atom. The van der Waals surface area contributed by atoms with Gasteiger partial charge in [0.15, 0.2) is 29.6 Å². The standard InChI is InChI=1S/C21H24N2O5/c1-14-8-18(25-3)20(27-5)10-16(14)12-23(2)21(24)13-28-17-7-6-15(11-22)9-19(17)26-4/h6-10H,12-13H2,1-5H3. The van der Waals surface area contributed by atoms with Crippen LogP contribution in [0.25, 0.3) is 0 Å². The summed E-state index contributed by atoms with van der Waals surface area (Å²) in [5, 5.41) is 8.95. The Morgan fingerprint density at radius 2 is 1.61 bits per heavy atom. The van der Waals surface area contributed by atoms with Crippen LogP contribution in [0.3, 0.4) is 0 Å². The number of benzene rings is 2. The van der Waals surface area contributed by atoms with Gasteiger partial charge in [0, 0.05) is 19.7 Å². The maximum Gasteiger partial charge on any atom is 0.260 e. The number of hydrogen-bond acceptors (Lipinski definition) is 6. The van der Waals surface area contributed by atoms with E-state index in [1.165, 1.54) is 7.11 Å². The number of methoxy groups -OCH3 is 3. The van der Waals surface area contributed by atoms with E-state index < -0.39 is 0 Å². The first kappa shape index (κ1) is 20.9. The van der Waals surface area contributed by atoms with Gasteiger partial charge in [0.1, 0.15) is 0 Å². The molecule has 0 radical (unpaired) electrons. The number of carbonyl (C=O) groups is 1. The molecule has 2 aromatic rings. The van der Waals surface area contributed by atoms with Crippen LogP contribution in [0.15, 0.2) is 30.3 Å². The van der Waals surface area contributed by atoms with Crippen LogP contribution >= 0.6 is 0 Å². The molecule has 0 saturated carbocycles. The maximum atomic E-state index is 12.5. The van der Waals surface area contributed by atoms with Crippen LogP contribution < -0.4 is 18.9 Å². The van der Waals surface area contributed by atoms with Gasteiger partial charge in [-0.05, 0) is 42.3 Å². The number of nitriles is 1. The Morgan fingerprint density at radius 3 is 2.21 bits per heavy atom. The van der Waals surface area contributed by atoms with E-state index in [9.17, 15) is 4.79 Å². The average molecular weight is 384 g/mol.